The summed E-state index contributed by atoms with van der Waals surface area (Å²) < 4.78 is 5.73. The Hall–Kier alpha value is -2.22. The lowest BCUT2D eigenvalue weighted by Crippen LogP contribution is -1.73. The predicted molar refractivity (Wildman–Crippen MR) is 68.1 cm³/mol. The van der Waals surface area contributed by atoms with E-state index in [9.17, 15) is 5.11 Å². The van der Waals surface area contributed by atoms with E-state index in [2.05, 4.69) is 6.07 Å². The molecule has 0 saturated carbocycles. The van der Waals surface area contributed by atoms with Crippen LogP contribution in [-0.2, 0) is 0 Å². The Morgan fingerprint density at radius 3 is 2.65 bits per heavy atom. The van der Waals surface area contributed by atoms with Crippen LogP contribution in [0, 0.1) is 6.92 Å². The van der Waals surface area contributed by atoms with Crippen molar-refractivity contribution >= 4 is 11.0 Å². The van der Waals surface area contributed by atoms with Crippen molar-refractivity contribution in [2.24, 2.45) is 0 Å². The molecule has 0 aliphatic carbocycles. The van der Waals surface area contributed by atoms with Gasteiger partial charge in [0.05, 0.1) is 5.56 Å². The van der Waals surface area contributed by atoms with Gasteiger partial charge in [0.1, 0.15) is 17.1 Å². The molecule has 0 aliphatic heterocycles. The topological polar surface area (TPSA) is 33.4 Å². The first kappa shape index (κ1) is 9.97. The number of hydrogen-bond donors (Lipinski definition) is 1. The van der Waals surface area contributed by atoms with Crippen molar-refractivity contribution in [2.75, 3.05) is 0 Å². The van der Waals surface area contributed by atoms with Crippen LogP contribution in [0.1, 0.15) is 5.56 Å². The second-order valence-electron chi connectivity index (χ2n) is 4.17. The third-order valence-corrected chi connectivity index (χ3v) is 2.84. The van der Waals surface area contributed by atoms with E-state index in [1.807, 2.05) is 37.3 Å². The minimum absolute atomic E-state index is 0.239. The molecule has 0 fully saturated rings. The molecule has 0 amide bonds. The number of phenols is 1. The van der Waals surface area contributed by atoms with E-state index >= 15 is 0 Å². The van der Waals surface area contributed by atoms with Crippen LogP contribution in [0.3, 0.4) is 0 Å². The number of phenolic OH excluding ortho intramolecular Hbond substituents is 1. The van der Waals surface area contributed by atoms with Crippen LogP contribution in [-0.4, -0.2) is 5.11 Å². The van der Waals surface area contributed by atoms with Crippen LogP contribution in [0.5, 0.6) is 5.75 Å². The molecule has 0 saturated heterocycles. The molecule has 1 aromatic heterocycles. The lowest BCUT2D eigenvalue weighted by molar-refractivity contribution is 0.475. The zero-order valence-corrected chi connectivity index (χ0v) is 9.47. The molecule has 0 atom stereocenters. The van der Waals surface area contributed by atoms with Gasteiger partial charge in [-0.1, -0.05) is 23.8 Å². The fourth-order valence-electron chi connectivity index (χ4n) is 1.98. The highest BCUT2D eigenvalue weighted by molar-refractivity contribution is 5.84. The summed E-state index contributed by atoms with van der Waals surface area (Å²) in [6.07, 6.45) is 0. The lowest BCUT2D eigenvalue weighted by Gasteiger charge is -1.98. The van der Waals surface area contributed by atoms with Crippen LogP contribution in [0.4, 0.5) is 0 Å². The highest BCUT2D eigenvalue weighted by Gasteiger charge is 2.09. The third kappa shape index (κ3) is 1.68. The Balaban J connectivity index is 2.22. The molecule has 3 rings (SSSR count). The van der Waals surface area contributed by atoms with Gasteiger partial charge in [-0.05, 0) is 37.3 Å². The van der Waals surface area contributed by atoms with Crippen molar-refractivity contribution in [3.63, 3.8) is 0 Å². The molecule has 0 bridgehead atoms. The monoisotopic (exact) mass is 224 g/mol. The van der Waals surface area contributed by atoms with E-state index in [0.29, 0.717) is 5.76 Å². The summed E-state index contributed by atoms with van der Waals surface area (Å²) in [6, 6.07) is 15.2. The number of furan rings is 1. The van der Waals surface area contributed by atoms with E-state index in [1.54, 1.807) is 12.1 Å². The average molecular weight is 224 g/mol. The number of hydrogen-bond acceptors (Lipinski definition) is 2. The maximum atomic E-state index is 9.78. The smallest absolute Gasteiger partial charge is 0.139 e. The number of para-hydroxylation sites is 1. The number of aryl methyl sites for hydroxylation is 1. The number of aromatic hydroxyl groups is 1. The quantitative estimate of drug-likeness (QED) is 0.674. The molecule has 0 aliphatic rings. The fourth-order valence-corrected chi connectivity index (χ4v) is 1.98. The van der Waals surface area contributed by atoms with Crippen LogP contribution < -0.4 is 0 Å². The molecular weight excluding hydrogens is 212 g/mol. The Kier molecular flexibility index (Phi) is 2.15. The largest absolute Gasteiger partial charge is 0.507 e. The lowest BCUT2D eigenvalue weighted by atomic mass is 10.1. The van der Waals surface area contributed by atoms with Crippen LogP contribution in [0.2, 0.25) is 0 Å². The SMILES string of the molecule is Cc1ccc2oc(-c3ccccc3O)cc2c1. The zero-order chi connectivity index (χ0) is 11.8. The molecule has 84 valence electrons. The van der Waals surface area contributed by atoms with Gasteiger partial charge in [-0.25, -0.2) is 0 Å². The van der Waals surface area contributed by atoms with Gasteiger partial charge in [0, 0.05) is 5.39 Å². The van der Waals surface area contributed by atoms with Gasteiger partial charge in [0.2, 0.25) is 0 Å². The summed E-state index contributed by atoms with van der Waals surface area (Å²) in [7, 11) is 0. The van der Waals surface area contributed by atoms with Crippen LogP contribution in [0.25, 0.3) is 22.3 Å². The zero-order valence-electron chi connectivity index (χ0n) is 9.47. The molecule has 1 N–H and O–H groups in total. The van der Waals surface area contributed by atoms with Crippen molar-refractivity contribution in [1.82, 2.24) is 0 Å². The van der Waals surface area contributed by atoms with E-state index in [0.717, 1.165) is 16.5 Å². The van der Waals surface area contributed by atoms with Crippen molar-refractivity contribution in [3.05, 3.63) is 54.1 Å². The number of fused-ring (bicyclic) bond motifs is 1. The average Bonchev–Trinajstić information content (AvgIpc) is 2.72. The van der Waals surface area contributed by atoms with E-state index in [1.165, 1.54) is 5.56 Å². The Labute approximate surface area is 99.1 Å². The molecule has 17 heavy (non-hydrogen) atoms. The molecule has 0 unspecified atom stereocenters. The third-order valence-electron chi connectivity index (χ3n) is 2.84. The van der Waals surface area contributed by atoms with E-state index < -0.39 is 0 Å². The molecule has 2 nitrogen and oxygen atoms in total. The van der Waals surface area contributed by atoms with Gasteiger partial charge < -0.3 is 9.52 Å². The number of benzene rings is 2. The molecule has 2 aromatic carbocycles. The first-order valence-electron chi connectivity index (χ1n) is 5.52. The molecule has 0 spiro atoms. The van der Waals surface area contributed by atoms with Gasteiger partial charge in [-0.3, -0.25) is 0 Å². The molecule has 2 heteroatoms. The Bertz CT molecular complexity index is 680. The van der Waals surface area contributed by atoms with Crippen molar-refractivity contribution < 1.29 is 9.52 Å². The highest BCUT2D eigenvalue weighted by atomic mass is 16.3. The maximum Gasteiger partial charge on any atom is 0.139 e. The number of rotatable bonds is 1. The molecule has 3 aromatic rings. The van der Waals surface area contributed by atoms with E-state index in [-0.39, 0.29) is 5.75 Å². The maximum absolute atomic E-state index is 9.78. The first-order valence-corrected chi connectivity index (χ1v) is 5.52. The first-order chi connectivity index (χ1) is 8.24. The molecular formula is C15H12O2. The highest BCUT2D eigenvalue weighted by Crippen LogP contribution is 2.33. The summed E-state index contributed by atoms with van der Waals surface area (Å²) >= 11 is 0. The fraction of sp³-hybridized carbons (Fsp3) is 0.0667. The Morgan fingerprint density at radius 1 is 1.00 bits per heavy atom. The van der Waals surface area contributed by atoms with Crippen molar-refractivity contribution in [3.8, 4) is 17.1 Å². The second-order valence-corrected chi connectivity index (χ2v) is 4.17. The minimum Gasteiger partial charge on any atom is -0.507 e. The second kappa shape index (κ2) is 3.67. The summed E-state index contributed by atoms with van der Waals surface area (Å²) in [5, 5.41) is 10.8. The van der Waals surface area contributed by atoms with Crippen molar-refractivity contribution in [1.29, 1.82) is 0 Å². The van der Waals surface area contributed by atoms with Gasteiger partial charge in [-0.2, -0.15) is 0 Å². The standard InChI is InChI=1S/C15H12O2/c1-10-6-7-14-11(8-10)9-15(17-14)12-4-2-3-5-13(12)16/h2-9,16H,1H3. The van der Waals surface area contributed by atoms with E-state index in [4.69, 9.17) is 4.42 Å². The summed E-state index contributed by atoms with van der Waals surface area (Å²) in [4.78, 5) is 0. The van der Waals surface area contributed by atoms with Crippen molar-refractivity contribution in [2.45, 2.75) is 6.92 Å². The Morgan fingerprint density at radius 2 is 1.82 bits per heavy atom. The van der Waals surface area contributed by atoms with Gasteiger partial charge >= 0.3 is 0 Å². The summed E-state index contributed by atoms with van der Waals surface area (Å²) in [5.74, 6) is 0.937. The molecule has 1 heterocycles. The van der Waals surface area contributed by atoms with Gasteiger partial charge in [0.25, 0.3) is 0 Å². The van der Waals surface area contributed by atoms with Gasteiger partial charge in [-0.15, -0.1) is 0 Å². The predicted octanol–water partition coefficient (Wildman–Crippen LogP) is 4.11. The normalized spacial score (nSPS) is 10.9. The van der Waals surface area contributed by atoms with Crippen LogP contribution >= 0.6 is 0 Å². The van der Waals surface area contributed by atoms with Gasteiger partial charge in [0.15, 0.2) is 0 Å². The molecule has 0 radical (unpaired) electrons. The minimum atomic E-state index is 0.239. The summed E-state index contributed by atoms with van der Waals surface area (Å²) in [6.45, 7) is 2.05. The van der Waals surface area contributed by atoms with Crippen LogP contribution in [0.15, 0.2) is 52.9 Å². The summed E-state index contributed by atoms with van der Waals surface area (Å²) in [5.41, 5.74) is 2.76.